The average molecular weight is 221 g/mol. The Kier molecular flexibility index (Phi) is 3.64. The van der Waals surface area contributed by atoms with Crippen molar-refractivity contribution in [2.45, 2.75) is 46.6 Å². The van der Waals surface area contributed by atoms with Crippen LogP contribution in [0.1, 0.15) is 42.5 Å². The molecule has 1 rings (SSSR count). The van der Waals surface area contributed by atoms with E-state index in [0.717, 1.165) is 12.2 Å². The van der Waals surface area contributed by atoms with Crippen LogP contribution >= 0.6 is 0 Å². The maximum absolute atomic E-state index is 6.36. The molecule has 16 heavy (non-hydrogen) atoms. The van der Waals surface area contributed by atoms with Crippen molar-refractivity contribution in [2.24, 2.45) is 5.73 Å². The lowest BCUT2D eigenvalue weighted by Gasteiger charge is -2.29. The maximum Gasteiger partial charge on any atom is 0.122 e. The summed E-state index contributed by atoms with van der Waals surface area (Å²) in [5, 5.41) is 0. The Morgan fingerprint density at radius 1 is 1.25 bits per heavy atom. The highest BCUT2D eigenvalue weighted by molar-refractivity contribution is 5.50. The first-order valence-corrected chi connectivity index (χ1v) is 5.79. The van der Waals surface area contributed by atoms with E-state index in [0.29, 0.717) is 0 Å². The SMILES string of the molecule is CCC(C)(N)c1c(C)cc(OC)c(C)c1C. The number of ether oxygens (including phenoxy) is 1. The van der Waals surface area contributed by atoms with Crippen molar-refractivity contribution in [1.29, 1.82) is 0 Å². The molecule has 0 radical (unpaired) electrons. The van der Waals surface area contributed by atoms with Crippen LogP contribution in [0.3, 0.4) is 0 Å². The molecule has 1 aromatic carbocycles. The highest BCUT2D eigenvalue weighted by atomic mass is 16.5. The predicted octanol–water partition coefficient (Wildman–Crippen LogP) is 3.20. The molecular formula is C14H23NO. The van der Waals surface area contributed by atoms with Crippen molar-refractivity contribution in [2.75, 3.05) is 7.11 Å². The van der Waals surface area contributed by atoms with Crippen LogP contribution < -0.4 is 10.5 Å². The van der Waals surface area contributed by atoms with Gasteiger partial charge in [0.2, 0.25) is 0 Å². The van der Waals surface area contributed by atoms with E-state index in [1.807, 2.05) is 0 Å². The number of rotatable bonds is 3. The Labute approximate surface area is 98.8 Å². The van der Waals surface area contributed by atoms with Gasteiger partial charge in [-0.25, -0.2) is 0 Å². The summed E-state index contributed by atoms with van der Waals surface area (Å²) in [7, 11) is 1.71. The van der Waals surface area contributed by atoms with Gasteiger partial charge in [-0.05, 0) is 62.4 Å². The molecule has 2 nitrogen and oxygen atoms in total. The summed E-state index contributed by atoms with van der Waals surface area (Å²) in [6.07, 6.45) is 0.931. The van der Waals surface area contributed by atoms with E-state index < -0.39 is 0 Å². The largest absolute Gasteiger partial charge is 0.496 e. The number of methoxy groups -OCH3 is 1. The lowest BCUT2D eigenvalue weighted by molar-refractivity contribution is 0.408. The van der Waals surface area contributed by atoms with Gasteiger partial charge in [0.1, 0.15) is 5.75 Å². The minimum absolute atomic E-state index is 0.259. The molecule has 0 spiro atoms. The van der Waals surface area contributed by atoms with Gasteiger partial charge in [0, 0.05) is 5.54 Å². The van der Waals surface area contributed by atoms with Crippen LogP contribution in [0, 0.1) is 20.8 Å². The molecule has 1 atom stereocenters. The highest BCUT2D eigenvalue weighted by Gasteiger charge is 2.24. The van der Waals surface area contributed by atoms with Crippen molar-refractivity contribution in [3.8, 4) is 5.75 Å². The number of nitrogens with two attached hydrogens (primary N) is 1. The molecule has 0 fully saturated rings. The van der Waals surface area contributed by atoms with E-state index >= 15 is 0 Å². The highest BCUT2D eigenvalue weighted by Crippen LogP contribution is 2.34. The molecule has 2 heteroatoms. The number of hydrogen-bond donors (Lipinski definition) is 1. The van der Waals surface area contributed by atoms with E-state index in [1.165, 1.54) is 22.3 Å². The summed E-state index contributed by atoms with van der Waals surface area (Å²) >= 11 is 0. The van der Waals surface area contributed by atoms with Crippen LogP contribution in [0.2, 0.25) is 0 Å². The van der Waals surface area contributed by atoms with Crippen LogP contribution in [0.15, 0.2) is 6.07 Å². The third-order valence-corrected chi connectivity index (χ3v) is 3.57. The molecule has 2 N–H and O–H groups in total. The second-order valence-corrected chi connectivity index (χ2v) is 4.79. The first-order valence-electron chi connectivity index (χ1n) is 5.79. The fourth-order valence-corrected chi connectivity index (χ4v) is 2.31. The van der Waals surface area contributed by atoms with Crippen LogP contribution in [-0.4, -0.2) is 7.11 Å². The van der Waals surface area contributed by atoms with Crippen molar-refractivity contribution in [3.63, 3.8) is 0 Å². The molecule has 90 valence electrons. The summed E-state index contributed by atoms with van der Waals surface area (Å²) < 4.78 is 5.37. The smallest absolute Gasteiger partial charge is 0.122 e. The van der Waals surface area contributed by atoms with Crippen molar-refractivity contribution in [1.82, 2.24) is 0 Å². The van der Waals surface area contributed by atoms with Crippen LogP contribution in [-0.2, 0) is 5.54 Å². The summed E-state index contributed by atoms with van der Waals surface area (Å²) in [5.41, 5.74) is 11.0. The lowest BCUT2D eigenvalue weighted by Crippen LogP contribution is -2.34. The van der Waals surface area contributed by atoms with E-state index in [2.05, 4.69) is 40.7 Å². The van der Waals surface area contributed by atoms with Crippen LogP contribution in [0.25, 0.3) is 0 Å². The van der Waals surface area contributed by atoms with Gasteiger partial charge < -0.3 is 10.5 Å². The molecular weight excluding hydrogens is 198 g/mol. The van der Waals surface area contributed by atoms with Gasteiger partial charge in [0.05, 0.1) is 7.11 Å². The number of hydrogen-bond acceptors (Lipinski definition) is 2. The zero-order chi connectivity index (χ0) is 12.5. The zero-order valence-electron chi connectivity index (χ0n) is 11.3. The minimum atomic E-state index is -0.259. The van der Waals surface area contributed by atoms with Crippen LogP contribution in [0.4, 0.5) is 0 Å². The molecule has 1 aromatic rings. The summed E-state index contributed by atoms with van der Waals surface area (Å²) in [6.45, 7) is 10.5. The molecule has 0 saturated heterocycles. The van der Waals surface area contributed by atoms with Gasteiger partial charge in [-0.3, -0.25) is 0 Å². The van der Waals surface area contributed by atoms with Crippen molar-refractivity contribution < 1.29 is 4.74 Å². The zero-order valence-corrected chi connectivity index (χ0v) is 11.3. The molecule has 0 aliphatic heterocycles. The first-order chi connectivity index (χ1) is 7.35. The van der Waals surface area contributed by atoms with E-state index in [1.54, 1.807) is 7.11 Å². The molecule has 0 aliphatic rings. The van der Waals surface area contributed by atoms with Gasteiger partial charge in [-0.1, -0.05) is 6.92 Å². The third kappa shape index (κ3) is 2.07. The number of aryl methyl sites for hydroxylation is 1. The van der Waals surface area contributed by atoms with Crippen molar-refractivity contribution in [3.05, 3.63) is 28.3 Å². The van der Waals surface area contributed by atoms with Gasteiger partial charge in [0.15, 0.2) is 0 Å². The number of benzene rings is 1. The Morgan fingerprint density at radius 2 is 1.81 bits per heavy atom. The third-order valence-electron chi connectivity index (χ3n) is 3.57. The second-order valence-electron chi connectivity index (χ2n) is 4.79. The van der Waals surface area contributed by atoms with Gasteiger partial charge in [-0.2, -0.15) is 0 Å². The normalized spacial score (nSPS) is 14.7. The monoisotopic (exact) mass is 221 g/mol. The molecule has 0 bridgehead atoms. The fourth-order valence-electron chi connectivity index (χ4n) is 2.31. The lowest BCUT2D eigenvalue weighted by atomic mass is 9.82. The minimum Gasteiger partial charge on any atom is -0.496 e. The van der Waals surface area contributed by atoms with E-state index in [4.69, 9.17) is 10.5 Å². The Morgan fingerprint density at radius 3 is 2.25 bits per heavy atom. The summed E-state index contributed by atoms with van der Waals surface area (Å²) in [4.78, 5) is 0. The van der Waals surface area contributed by atoms with Crippen LogP contribution in [0.5, 0.6) is 5.75 Å². The average Bonchev–Trinajstić information content (AvgIpc) is 2.23. The summed E-state index contributed by atoms with van der Waals surface area (Å²) in [5.74, 6) is 0.950. The maximum atomic E-state index is 6.36. The molecule has 0 saturated carbocycles. The van der Waals surface area contributed by atoms with E-state index in [9.17, 15) is 0 Å². The fraction of sp³-hybridized carbons (Fsp3) is 0.571. The second kappa shape index (κ2) is 4.46. The Bertz CT molecular complexity index is 394. The van der Waals surface area contributed by atoms with E-state index in [-0.39, 0.29) is 5.54 Å². The first kappa shape index (κ1) is 13.0. The molecule has 0 aromatic heterocycles. The predicted molar refractivity (Wildman–Crippen MR) is 69.0 cm³/mol. The van der Waals surface area contributed by atoms with Crippen molar-refractivity contribution >= 4 is 0 Å². The Balaban J connectivity index is 3.48. The standard InChI is InChI=1S/C14H23NO/c1-7-14(5,15)13-9(2)8-12(16-6)10(3)11(13)4/h8H,7,15H2,1-6H3. The Hall–Kier alpha value is -1.02. The quantitative estimate of drug-likeness (QED) is 0.850. The van der Waals surface area contributed by atoms with Gasteiger partial charge in [-0.15, -0.1) is 0 Å². The molecule has 0 amide bonds. The van der Waals surface area contributed by atoms with Gasteiger partial charge >= 0.3 is 0 Å². The molecule has 1 unspecified atom stereocenters. The molecule has 0 aliphatic carbocycles. The summed E-state index contributed by atoms with van der Waals surface area (Å²) in [6, 6.07) is 2.08. The molecule has 0 heterocycles. The topological polar surface area (TPSA) is 35.2 Å². The van der Waals surface area contributed by atoms with Gasteiger partial charge in [0.25, 0.3) is 0 Å².